The molecule has 0 radical (unpaired) electrons. The van der Waals surface area contributed by atoms with Crippen LogP contribution in [0.2, 0.25) is 0 Å². The van der Waals surface area contributed by atoms with Crippen molar-refractivity contribution in [2.24, 2.45) is 0 Å². The van der Waals surface area contributed by atoms with Crippen LogP contribution in [0, 0.1) is 25.2 Å². The predicted molar refractivity (Wildman–Crippen MR) is 78.9 cm³/mol. The van der Waals surface area contributed by atoms with E-state index in [1.54, 1.807) is 0 Å². The summed E-state index contributed by atoms with van der Waals surface area (Å²) in [6.45, 7) is 4.89. The van der Waals surface area contributed by atoms with Crippen molar-refractivity contribution in [3.05, 3.63) is 58.7 Å². The molecule has 1 aliphatic rings. The Morgan fingerprint density at radius 1 is 1.20 bits per heavy atom. The summed E-state index contributed by atoms with van der Waals surface area (Å²) in [5.74, 6) is 0.927. The van der Waals surface area contributed by atoms with Gasteiger partial charge in [0.15, 0.2) is 0 Å². The Kier molecular flexibility index (Phi) is 3.08. The summed E-state index contributed by atoms with van der Waals surface area (Å²) in [7, 11) is 0. The molecule has 0 aliphatic carbocycles. The molecule has 3 rings (SSSR count). The van der Waals surface area contributed by atoms with E-state index >= 15 is 0 Å². The van der Waals surface area contributed by atoms with Crippen molar-refractivity contribution in [1.82, 2.24) is 0 Å². The van der Waals surface area contributed by atoms with Crippen molar-refractivity contribution in [2.45, 2.75) is 20.0 Å². The van der Waals surface area contributed by atoms with E-state index in [0.29, 0.717) is 5.56 Å². The summed E-state index contributed by atoms with van der Waals surface area (Å²) in [5, 5.41) is 12.3. The fourth-order valence-electron chi connectivity index (χ4n) is 2.59. The van der Waals surface area contributed by atoms with Crippen molar-refractivity contribution in [2.75, 3.05) is 11.9 Å². The highest BCUT2D eigenvalue weighted by molar-refractivity contribution is 5.63. The molecular weight excluding hydrogens is 248 g/mol. The van der Waals surface area contributed by atoms with Crippen molar-refractivity contribution < 1.29 is 4.74 Å². The summed E-state index contributed by atoms with van der Waals surface area (Å²) in [6, 6.07) is 13.9. The van der Waals surface area contributed by atoms with Crippen LogP contribution in [0.15, 0.2) is 36.4 Å². The monoisotopic (exact) mass is 264 g/mol. The van der Waals surface area contributed by atoms with E-state index in [-0.39, 0.29) is 6.10 Å². The molecule has 1 heterocycles. The molecule has 1 unspecified atom stereocenters. The van der Waals surface area contributed by atoms with Crippen LogP contribution >= 0.6 is 0 Å². The molecule has 3 heteroatoms. The van der Waals surface area contributed by atoms with E-state index in [1.807, 2.05) is 24.3 Å². The first-order valence-electron chi connectivity index (χ1n) is 6.69. The van der Waals surface area contributed by atoms with Crippen LogP contribution in [0.4, 0.5) is 5.69 Å². The average Bonchev–Trinajstić information content (AvgIpc) is 2.47. The zero-order valence-electron chi connectivity index (χ0n) is 11.6. The number of ether oxygens (including phenoxy) is 1. The number of nitrogens with zero attached hydrogens (tertiary/aromatic N) is 1. The van der Waals surface area contributed by atoms with Crippen LogP contribution in [0.25, 0.3) is 0 Å². The van der Waals surface area contributed by atoms with Crippen molar-refractivity contribution in [3.63, 3.8) is 0 Å². The second-order valence-electron chi connectivity index (χ2n) is 5.18. The summed E-state index contributed by atoms with van der Waals surface area (Å²) in [6.07, 6.45) is -0.0170. The fraction of sp³-hybridized carbons (Fsp3) is 0.235. The highest BCUT2D eigenvalue weighted by atomic mass is 16.5. The molecule has 1 aliphatic heterocycles. The lowest BCUT2D eigenvalue weighted by molar-refractivity contribution is 0.209. The average molecular weight is 264 g/mol. The van der Waals surface area contributed by atoms with Gasteiger partial charge < -0.3 is 10.1 Å². The van der Waals surface area contributed by atoms with Crippen LogP contribution in [-0.2, 0) is 0 Å². The van der Waals surface area contributed by atoms with E-state index in [2.05, 4.69) is 37.4 Å². The molecule has 1 N–H and O–H groups in total. The molecule has 20 heavy (non-hydrogen) atoms. The number of hydrogen-bond acceptors (Lipinski definition) is 3. The molecule has 0 saturated carbocycles. The highest BCUT2D eigenvalue weighted by Gasteiger charge is 2.22. The minimum absolute atomic E-state index is 0.0170. The second-order valence-corrected chi connectivity index (χ2v) is 5.18. The van der Waals surface area contributed by atoms with Gasteiger partial charge in [-0.1, -0.05) is 18.2 Å². The van der Waals surface area contributed by atoms with Gasteiger partial charge in [0.05, 0.1) is 23.9 Å². The Morgan fingerprint density at radius 2 is 1.95 bits per heavy atom. The molecule has 1 atom stereocenters. The number of anilines is 1. The first kappa shape index (κ1) is 12.6. The first-order valence-corrected chi connectivity index (χ1v) is 6.69. The predicted octanol–water partition coefficient (Wildman–Crippen LogP) is 3.72. The molecule has 0 fully saturated rings. The first-order chi connectivity index (χ1) is 9.67. The second kappa shape index (κ2) is 4.90. The third-order valence-corrected chi connectivity index (χ3v) is 3.57. The molecule has 0 amide bonds. The number of nitrogens with one attached hydrogen (secondary N) is 1. The Labute approximate surface area is 118 Å². The normalized spacial score (nSPS) is 16.6. The Morgan fingerprint density at radius 3 is 2.65 bits per heavy atom. The molecule has 0 aromatic heterocycles. The van der Waals surface area contributed by atoms with Gasteiger partial charge >= 0.3 is 0 Å². The molecule has 0 spiro atoms. The largest absolute Gasteiger partial charge is 0.481 e. The lowest BCUT2D eigenvalue weighted by Gasteiger charge is -2.29. The maximum absolute atomic E-state index is 8.84. The van der Waals surface area contributed by atoms with E-state index in [4.69, 9.17) is 10.00 Å². The number of benzene rings is 2. The van der Waals surface area contributed by atoms with Crippen molar-refractivity contribution in [3.8, 4) is 11.8 Å². The van der Waals surface area contributed by atoms with E-state index in [1.165, 1.54) is 5.56 Å². The van der Waals surface area contributed by atoms with Gasteiger partial charge in [0, 0.05) is 0 Å². The maximum atomic E-state index is 8.84. The zero-order valence-corrected chi connectivity index (χ0v) is 11.6. The van der Waals surface area contributed by atoms with Gasteiger partial charge in [0.1, 0.15) is 11.9 Å². The highest BCUT2D eigenvalue weighted by Crippen LogP contribution is 2.37. The fourth-order valence-corrected chi connectivity index (χ4v) is 2.59. The van der Waals surface area contributed by atoms with Crippen LogP contribution in [-0.4, -0.2) is 6.54 Å². The molecule has 100 valence electrons. The summed E-state index contributed by atoms with van der Waals surface area (Å²) in [4.78, 5) is 0. The minimum atomic E-state index is -0.0170. The van der Waals surface area contributed by atoms with Crippen LogP contribution in [0.3, 0.4) is 0 Å². The molecule has 0 bridgehead atoms. The van der Waals surface area contributed by atoms with Gasteiger partial charge in [-0.25, -0.2) is 0 Å². The van der Waals surface area contributed by atoms with Crippen molar-refractivity contribution >= 4 is 5.69 Å². The lowest BCUT2D eigenvalue weighted by Crippen LogP contribution is -2.24. The van der Waals surface area contributed by atoms with Gasteiger partial charge in [0.2, 0.25) is 0 Å². The quantitative estimate of drug-likeness (QED) is 0.853. The summed E-state index contributed by atoms with van der Waals surface area (Å²) >= 11 is 0. The minimum Gasteiger partial charge on any atom is -0.481 e. The van der Waals surface area contributed by atoms with E-state index in [0.717, 1.165) is 29.1 Å². The van der Waals surface area contributed by atoms with Crippen molar-refractivity contribution in [1.29, 1.82) is 5.26 Å². The summed E-state index contributed by atoms with van der Waals surface area (Å²) in [5.41, 5.74) is 5.19. The zero-order chi connectivity index (χ0) is 14.1. The van der Waals surface area contributed by atoms with Crippen LogP contribution < -0.4 is 10.1 Å². The Bertz CT molecular complexity index is 683. The summed E-state index contributed by atoms with van der Waals surface area (Å²) < 4.78 is 6.13. The van der Waals surface area contributed by atoms with Gasteiger partial charge in [-0.3, -0.25) is 0 Å². The molecule has 2 aromatic rings. The SMILES string of the molecule is Cc1cc(C)c2c(c1)NCC(c1ccc(C#N)cc1)O2. The standard InChI is InChI=1S/C17H16N2O/c1-11-7-12(2)17-15(8-11)19-10-16(20-17)14-5-3-13(9-18)4-6-14/h3-8,16,19H,10H2,1-2H3. The molecule has 3 nitrogen and oxygen atoms in total. The third-order valence-electron chi connectivity index (χ3n) is 3.57. The van der Waals surface area contributed by atoms with E-state index < -0.39 is 0 Å². The van der Waals surface area contributed by atoms with Gasteiger partial charge in [-0.2, -0.15) is 5.26 Å². The van der Waals surface area contributed by atoms with Crippen LogP contribution in [0.1, 0.15) is 28.4 Å². The smallest absolute Gasteiger partial charge is 0.146 e. The Balaban J connectivity index is 1.90. The topological polar surface area (TPSA) is 45.0 Å². The number of aryl methyl sites for hydroxylation is 2. The molecule has 2 aromatic carbocycles. The maximum Gasteiger partial charge on any atom is 0.146 e. The van der Waals surface area contributed by atoms with Gasteiger partial charge in [-0.05, 0) is 48.7 Å². The van der Waals surface area contributed by atoms with Gasteiger partial charge in [0.25, 0.3) is 0 Å². The molecular formula is C17H16N2O. The number of nitriles is 1. The number of rotatable bonds is 1. The third kappa shape index (κ3) is 2.21. The Hall–Kier alpha value is -2.47. The lowest BCUT2D eigenvalue weighted by atomic mass is 10.0. The van der Waals surface area contributed by atoms with Gasteiger partial charge in [-0.15, -0.1) is 0 Å². The van der Waals surface area contributed by atoms with Crippen LogP contribution in [0.5, 0.6) is 5.75 Å². The number of hydrogen-bond donors (Lipinski definition) is 1. The number of fused-ring (bicyclic) bond motifs is 1. The van der Waals surface area contributed by atoms with E-state index in [9.17, 15) is 0 Å². The molecule has 0 saturated heterocycles.